The largest absolute Gasteiger partial charge is 0.355 e. The van der Waals surface area contributed by atoms with E-state index in [1.165, 1.54) is 13.5 Å². The van der Waals surface area contributed by atoms with E-state index in [2.05, 4.69) is 36.6 Å². The maximum absolute atomic E-state index is 12.7. The van der Waals surface area contributed by atoms with Crippen molar-refractivity contribution < 1.29 is 9.59 Å². The molecule has 6 nitrogen and oxygen atoms in total. The lowest BCUT2D eigenvalue weighted by Gasteiger charge is -2.19. The molecule has 3 rings (SSSR count). The predicted octanol–water partition coefficient (Wildman–Crippen LogP) is 2.20. The Labute approximate surface area is 160 Å². The number of carbonyl (C=O) groups excluding carboxylic acids is 2. The van der Waals surface area contributed by atoms with Gasteiger partial charge in [-0.15, -0.1) is 0 Å². The minimum atomic E-state index is -0.513. The molecule has 2 aliphatic carbocycles. The average Bonchev–Trinajstić information content (AvgIpc) is 3.27. The molecule has 3 atom stereocenters. The maximum Gasteiger partial charge on any atom is 0.256 e. The highest BCUT2D eigenvalue weighted by molar-refractivity contribution is 5.99. The Morgan fingerprint density at radius 3 is 2.41 bits per heavy atom. The smallest absolute Gasteiger partial charge is 0.256 e. The molecule has 0 spiro atoms. The van der Waals surface area contributed by atoms with Gasteiger partial charge in [-0.1, -0.05) is 26.0 Å². The Morgan fingerprint density at radius 2 is 1.85 bits per heavy atom. The third-order valence-electron chi connectivity index (χ3n) is 5.70. The van der Waals surface area contributed by atoms with Gasteiger partial charge in [-0.25, -0.2) is 0 Å². The SMILES string of the molecule is CNC(=O)c1cn(CCC(C)C)cc(C(=O)NC[C@H]2C[C@@H]3C=C[C@H]2C3)c1=O. The molecule has 0 aliphatic heterocycles. The number of nitrogens with zero attached hydrogens (tertiary/aromatic N) is 1. The number of hydrogen-bond acceptors (Lipinski definition) is 3. The number of aryl methyl sites for hydroxylation is 1. The Bertz CT molecular complexity index is 809. The Morgan fingerprint density at radius 1 is 1.15 bits per heavy atom. The van der Waals surface area contributed by atoms with Crippen molar-refractivity contribution in [2.24, 2.45) is 23.7 Å². The van der Waals surface area contributed by atoms with Crippen LogP contribution in [0.25, 0.3) is 0 Å². The van der Waals surface area contributed by atoms with Gasteiger partial charge in [0.1, 0.15) is 11.1 Å². The molecule has 0 unspecified atom stereocenters. The molecule has 1 fully saturated rings. The molecule has 1 saturated carbocycles. The van der Waals surface area contributed by atoms with Gasteiger partial charge < -0.3 is 15.2 Å². The van der Waals surface area contributed by atoms with Gasteiger partial charge in [0.25, 0.3) is 11.8 Å². The van der Waals surface area contributed by atoms with E-state index in [4.69, 9.17) is 0 Å². The van der Waals surface area contributed by atoms with Crippen LogP contribution >= 0.6 is 0 Å². The minimum absolute atomic E-state index is 0.0109. The molecule has 27 heavy (non-hydrogen) atoms. The maximum atomic E-state index is 12.7. The number of rotatable bonds is 7. The first-order valence-corrected chi connectivity index (χ1v) is 9.81. The van der Waals surface area contributed by atoms with E-state index >= 15 is 0 Å². The average molecular weight is 371 g/mol. The molecule has 1 heterocycles. The second-order valence-corrected chi connectivity index (χ2v) is 8.16. The standard InChI is InChI=1S/C21H29N3O3/c1-13(2)6-7-24-11-17(20(26)22-3)19(25)18(12-24)21(27)23-10-16-9-14-4-5-15(16)8-14/h4-5,11-16H,6-10H2,1-3H3,(H,22,26)(H,23,27)/t14-,15+,16-/m1/s1. The van der Waals surface area contributed by atoms with E-state index in [0.717, 1.165) is 12.8 Å². The number of hydrogen-bond donors (Lipinski definition) is 2. The fourth-order valence-corrected chi connectivity index (χ4v) is 4.07. The van der Waals surface area contributed by atoms with Crippen LogP contribution in [0, 0.1) is 23.7 Å². The van der Waals surface area contributed by atoms with Gasteiger partial charge >= 0.3 is 0 Å². The van der Waals surface area contributed by atoms with Crippen molar-refractivity contribution in [2.75, 3.05) is 13.6 Å². The van der Waals surface area contributed by atoms with Gasteiger partial charge in [-0.2, -0.15) is 0 Å². The number of allylic oxidation sites excluding steroid dienone is 2. The number of fused-ring (bicyclic) bond motifs is 2. The third-order valence-corrected chi connectivity index (χ3v) is 5.70. The fraction of sp³-hybridized carbons (Fsp3) is 0.571. The van der Waals surface area contributed by atoms with Gasteiger partial charge in [0.05, 0.1) is 0 Å². The fourth-order valence-electron chi connectivity index (χ4n) is 4.07. The Hall–Kier alpha value is -2.37. The Kier molecular flexibility index (Phi) is 5.82. The highest BCUT2D eigenvalue weighted by Gasteiger charge is 2.35. The van der Waals surface area contributed by atoms with Gasteiger partial charge in [-0.05, 0) is 42.9 Å². The van der Waals surface area contributed by atoms with E-state index < -0.39 is 17.2 Å². The van der Waals surface area contributed by atoms with E-state index in [1.54, 1.807) is 17.0 Å². The first-order valence-electron chi connectivity index (χ1n) is 9.81. The summed E-state index contributed by atoms with van der Waals surface area (Å²) in [5, 5.41) is 5.41. The second-order valence-electron chi connectivity index (χ2n) is 8.16. The van der Waals surface area contributed by atoms with E-state index in [0.29, 0.717) is 36.8 Å². The molecule has 6 heteroatoms. The lowest BCUT2D eigenvalue weighted by atomic mass is 9.93. The first kappa shape index (κ1) is 19.4. The summed E-state index contributed by atoms with van der Waals surface area (Å²) in [6.45, 7) is 5.44. The van der Waals surface area contributed by atoms with E-state index in [9.17, 15) is 14.4 Å². The van der Waals surface area contributed by atoms with Crippen molar-refractivity contribution in [3.63, 3.8) is 0 Å². The van der Waals surface area contributed by atoms with E-state index in [-0.39, 0.29) is 11.1 Å². The van der Waals surface area contributed by atoms with Crippen molar-refractivity contribution >= 4 is 11.8 Å². The third kappa shape index (κ3) is 4.31. The zero-order chi connectivity index (χ0) is 19.6. The summed E-state index contributed by atoms with van der Waals surface area (Å²) in [6.07, 6.45) is 10.8. The molecule has 146 valence electrons. The van der Waals surface area contributed by atoms with Crippen molar-refractivity contribution in [2.45, 2.75) is 39.7 Å². The van der Waals surface area contributed by atoms with Crippen LogP contribution < -0.4 is 16.1 Å². The highest BCUT2D eigenvalue weighted by atomic mass is 16.2. The molecule has 2 bridgehead atoms. The number of amides is 2. The van der Waals surface area contributed by atoms with Gasteiger partial charge in [0.2, 0.25) is 5.43 Å². The molecule has 1 aromatic rings. The van der Waals surface area contributed by atoms with Gasteiger partial charge in [-0.3, -0.25) is 14.4 Å². The molecular formula is C21H29N3O3. The number of nitrogens with one attached hydrogen (secondary N) is 2. The Balaban J connectivity index is 1.78. The first-order chi connectivity index (χ1) is 12.9. The van der Waals surface area contributed by atoms with Gasteiger partial charge in [0, 0.05) is 32.5 Å². The quantitative estimate of drug-likeness (QED) is 0.721. The molecule has 0 radical (unpaired) electrons. The summed E-state index contributed by atoms with van der Waals surface area (Å²) in [6, 6.07) is 0. The summed E-state index contributed by atoms with van der Waals surface area (Å²) in [5.74, 6) is 1.24. The molecule has 2 amide bonds. The molecule has 0 saturated heterocycles. The summed E-state index contributed by atoms with van der Waals surface area (Å²) in [5.41, 5.74) is -0.462. The van der Waals surface area contributed by atoms with Crippen LogP contribution in [0.2, 0.25) is 0 Å². The second kappa shape index (κ2) is 8.11. The zero-order valence-corrected chi connectivity index (χ0v) is 16.3. The van der Waals surface area contributed by atoms with Crippen molar-refractivity contribution in [3.8, 4) is 0 Å². The number of aromatic nitrogens is 1. The molecule has 1 aromatic heterocycles. The summed E-state index contributed by atoms with van der Waals surface area (Å²) in [4.78, 5) is 37.5. The van der Waals surface area contributed by atoms with Crippen LogP contribution in [0.3, 0.4) is 0 Å². The van der Waals surface area contributed by atoms with Crippen molar-refractivity contribution in [1.82, 2.24) is 15.2 Å². The minimum Gasteiger partial charge on any atom is -0.355 e. The van der Waals surface area contributed by atoms with Crippen LogP contribution in [0.5, 0.6) is 0 Å². The van der Waals surface area contributed by atoms with Crippen molar-refractivity contribution in [3.05, 3.63) is 45.9 Å². The summed E-state index contributed by atoms with van der Waals surface area (Å²) >= 11 is 0. The topological polar surface area (TPSA) is 80.2 Å². The lowest BCUT2D eigenvalue weighted by molar-refractivity contribution is 0.0943. The van der Waals surface area contributed by atoms with Crippen LogP contribution in [0.1, 0.15) is 53.8 Å². The highest BCUT2D eigenvalue weighted by Crippen LogP contribution is 2.42. The van der Waals surface area contributed by atoms with Crippen LogP contribution in [0.4, 0.5) is 0 Å². The molecule has 2 N–H and O–H groups in total. The zero-order valence-electron chi connectivity index (χ0n) is 16.3. The normalized spacial score (nSPS) is 23.0. The molecule has 2 aliphatic rings. The van der Waals surface area contributed by atoms with Crippen LogP contribution in [-0.4, -0.2) is 30.0 Å². The monoisotopic (exact) mass is 371 g/mol. The predicted molar refractivity (Wildman–Crippen MR) is 105 cm³/mol. The molecule has 0 aromatic carbocycles. The molecular weight excluding hydrogens is 342 g/mol. The number of carbonyl (C=O) groups is 2. The van der Waals surface area contributed by atoms with Gasteiger partial charge in [0.15, 0.2) is 0 Å². The number of pyridine rings is 1. The van der Waals surface area contributed by atoms with Crippen LogP contribution in [0.15, 0.2) is 29.3 Å². The van der Waals surface area contributed by atoms with Crippen molar-refractivity contribution in [1.29, 1.82) is 0 Å². The van der Waals surface area contributed by atoms with Crippen LogP contribution in [-0.2, 0) is 6.54 Å². The lowest BCUT2D eigenvalue weighted by Crippen LogP contribution is -2.37. The summed E-state index contributed by atoms with van der Waals surface area (Å²) < 4.78 is 1.78. The summed E-state index contributed by atoms with van der Waals surface area (Å²) in [7, 11) is 1.48. The van der Waals surface area contributed by atoms with E-state index in [1.807, 2.05) is 0 Å².